The fraction of sp³-hybridized carbons (Fsp3) is 0.692. The van der Waals surface area contributed by atoms with Crippen molar-refractivity contribution in [2.75, 3.05) is 20.4 Å². The molecule has 1 heterocycles. The van der Waals surface area contributed by atoms with Crippen LogP contribution in [0.4, 0.5) is 0 Å². The number of nitrogens with zero attached hydrogens (tertiary/aromatic N) is 4. The fourth-order valence-electron chi connectivity index (χ4n) is 5.50. The Morgan fingerprint density at radius 1 is 1.42 bits per heavy atom. The van der Waals surface area contributed by atoms with Gasteiger partial charge in [0.05, 0.1) is 24.0 Å². The summed E-state index contributed by atoms with van der Waals surface area (Å²) in [4.78, 5) is 7.06. The van der Waals surface area contributed by atoms with Gasteiger partial charge in [-0.05, 0) is 56.9 Å². The van der Waals surface area contributed by atoms with Crippen LogP contribution >= 0.6 is 0 Å². The Morgan fingerprint density at radius 2 is 2.23 bits per heavy atom. The molecule has 1 fully saturated rings. The van der Waals surface area contributed by atoms with Gasteiger partial charge in [-0.25, -0.2) is 4.98 Å². The standard InChI is InChI=1S/C26H40N4O/c1-6-8-20(2)21(3)29(19-31-5)16-23-9-7-12-26(4,14-23)17-30-18-28-24-11-10-22(15-27)13-25(24)30/h10-11,18,22-23H,6-9,12-14,16-17,19H2,1-5H3/b21-20+. The van der Waals surface area contributed by atoms with Crippen molar-refractivity contribution in [1.29, 1.82) is 5.26 Å². The van der Waals surface area contributed by atoms with Gasteiger partial charge in [0.1, 0.15) is 6.73 Å². The largest absolute Gasteiger partial charge is 0.364 e. The summed E-state index contributed by atoms with van der Waals surface area (Å²) >= 11 is 0. The molecule has 2 aliphatic carbocycles. The number of fused-ring (bicyclic) bond motifs is 1. The third-order valence-corrected chi connectivity index (χ3v) is 7.25. The minimum Gasteiger partial charge on any atom is -0.364 e. The highest BCUT2D eigenvalue weighted by Crippen LogP contribution is 2.41. The molecule has 0 aliphatic heterocycles. The highest BCUT2D eigenvalue weighted by molar-refractivity contribution is 5.52. The minimum atomic E-state index is -0.0291. The molecule has 3 unspecified atom stereocenters. The van der Waals surface area contributed by atoms with Crippen LogP contribution in [0.25, 0.3) is 6.08 Å². The van der Waals surface area contributed by atoms with E-state index < -0.39 is 0 Å². The van der Waals surface area contributed by atoms with Crippen LogP contribution < -0.4 is 0 Å². The molecule has 5 heteroatoms. The van der Waals surface area contributed by atoms with Gasteiger partial charge < -0.3 is 14.2 Å². The van der Waals surface area contributed by atoms with Gasteiger partial charge in [-0.15, -0.1) is 0 Å². The molecular weight excluding hydrogens is 384 g/mol. The first kappa shape index (κ1) is 23.6. The van der Waals surface area contributed by atoms with Crippen molar-refractivity contribution in [2.45, 2.75) is 79.2 Å². The predicted molar refractivity (Wildman–Crippen MR) is 126 cm³/mol. The zero-order valence-electron chi connectivity index (χ0n) is 20.2. The second-order valence-corrected chi connectivity index (χ2v) is 10.0. The van der Waals surface area contributed by atoms with Crippen LogP contribution in [0, 0.1) is 28.6 Å². The number of nitriles is 1. The molecule has 31 heavy (non-hydrogen) atoms. The van der Waals surface area contributed by atoms with Gasteiger partial charge >= 0.3 is 0 Å². The van der Waals surface area contributed by atoms with E-state index in [0.717, 1.165) is 31.6 Å². The molecule has 0 N–H and O–H groups in total. The van der Waals surface area contributed by atoms with Crippen LogP contribution in [0.5, 0.6) is 0 Å². The molecular formula is C26H40N4O. The first-order chi connectivity index (χ1) is 14.9. The van der Waals surface area contributed by atoms with Crippen LogP contribution in [0.15, 0.2) is 23.7 Å². The van der Waals surface area contributed by atoms with Crippen LogP contribution in [-0.2, 0) is 17.7 Å². The molecule has 0 bridgehead atoms. The van der Waals surface area contributed by atoms with E-state index in [1.54, 1.807) is 7.11 Å². The number of rotatable bonds is 9. The number of hydrogen-bond donors (Lipinski definition) is 0. The lowest BCUT2D eigenvalue weighted by molar-refractivity contribution is 0.0520. The summed E-state index contributed by atoms with van der Waals surface area (Å²) in [6.07, 6.45) is 14.1. The Bertz CT molecular complexity index is 846. The van der Waals surface area contributed by atoms with E-state index >= 15 is 0 Å². The van der Waals surface area contributed by atoms with Gasteiger partial charge in [0.25, 0.3) is 0 Å². The normalized spacial score (nSPS) is 26.2. The summed E-state index contributed by atoms with van der Waals surface area (Å²) in [5, 5.41) is 9.35. The predicted octanol–water partition coefficient (Wildman–Crippen LogP) is 5.79. The monoisotopic (exact) mass is 424 g/mol. The Morgan fingerprint density at radius 3 is 2.94 bits per heavy atom. The van der Waals surface area contributed by atoms with Gasteiger partial charge in [0.15, 0.2) is 0 Å². The zero-order valence-corrected chi connectivity index (χ0v) is 20.2. The van der Waals surface area contributed by atoms with E-state index in [-0.39, 0.29) is 11.3 Å². The van der Waals surface area contributed by atoms with E-state index in [9.17, 15) is 5.26 Å². The van der Waals surface area contributed by atoms with E-state index in [1.807, 2.05) is 18.5 Å². The molecule has 1 aromatic heterocycles. The van der Waals surface area contributed by atoms with Crippen LogP contribution in [0.3, 0.4) is 0 Å². The van der Waals surface area contributed by atoms with Crippen LogP contribution in [0.1, 0.15) is 77.6 Å². The average Bonchev–Trinajstić information content (AvgIpc) is 3.14. The van der Waals surface area contributed by atoms with Crippen molar-refractivity contribution in [3.05, 3.63) is 35.1 Å². The summed E-state index contributed by atoms with van der Waals surface area (Å²) in [6, 6.07) is 2.39. The summed E-state index contributed by atoms with van der Waals surface area (Å²) in [5.41, 5.74) is 5.39. The Hall–Kier alpha value is -2.06. The SMILES string of the molecule is CCC/C(C)=C(\C)N(COC)CC1CCCC(C)(Cn2cnc3c2CC(C#N)C=C3)C1. The lowest BCUT2D eigenvalue weighted by atomic mass is 9.70. The number of methoxy groups -OCH3 is 1. The molecule has 2 aliphatic rings. The quantitative estimate of drug-likeness (QED) is 0.471. The molecule has 0 amide bonds. The summed E-state index contributed by atoms with van der Waals surface area (Å²) in [6.45, 7) is 11.9. The average molecular weight is 425 g/mol. The summed E-state index contributed by atoms with van der Waals surface area (Å²) in [7, 11) is 1.80. The van der Waals surface area contributed by atoms with Crippen molar-refractivity contribution in [2.24, 2.45) is 17.3 Å². The number of imidazole rings is 1. The van der Waals surface area contributed by atoms with Gasteiger partial charge in [0, 0.05) is 38.0 Å². The van der Waals surface area contributed by atoms with E-state index in [1.165, 1.54) is 49.1 Å². The maximum absolute atomic E-state index is 9.35. The second-order valence-electron chi connectivity index (χ2n) is 10.0. The topological polar surface area (TPSA) is 54.1 Å². The molecule has 3 rings (SSSR count). The highest BCUT2D eigenvalue weighted by Gasteiger charge is 2.34. The molecule has 1 aromatic rings. The van der Waals surface area contributed by atoms with Crippen molar-refractivity contribution in [1.82, 2.24) is 14.5 Å². The number of aromatic nitrogens is 2. The molecule has 5 nitrogen and oxygen atoms in total. The number of allylic oxidation sites excluding steroid dienone is 3. The number of ether oxygens (including phenoxy) is 1. The molecule has 0 aromatic carbocycles. The smallest absolute Gasteiger partial charge is 0.118 e. The zero-order chi connectivity index (χ0) is 22.4. The fourth-order valence-corrected chi connectivity index (χ4v) is 5.50. The molecule has 170 valence electrons. The van der Waals surface area contributed by atoms with Crippen LogP contribution in [-0.4, -0.2) is 34.8 Å². The Labute approximate surface area is 188 Å². The summed E-state index contributed by atoms with van der Waals surface area (Å²) in [5.74, 6) is 0.642. The van der Waals surface area contributed by atoms with Gasteiger partial charge in [-0.3, -0.25) is 0 Å². The van der Waals surface area contributed by atoms with E-state index in [4.69, 9.17) is 4.74 Å². The summed E-state index contributed by atoms with van der Waals surface area (Å²) < 4.78 is 7.89. The first-order valence-electron chi connectivity index (χ1n) is 11.9. The van der Waals surface area contributed by atoms with E-state index in [0.29, 0.717) is 12.6 Å². The van der Waals surface area contributed by atoms with Gasteiger partial charge in [-0.2, -0.15) is 5.26 Å². The third kappa shape index (κ3) is 5.80. The maximum atomic E-state index is 9.35. The van der Waals surface area contributed by atoms with Gasteiger partial charge in [0.2, 0.25) is 0 Å². The minimum absolute atomic E-state index is 0.0291. The van der Waals surface area contributed by atoms with E-state index in [2.05, 4.69) is 48.2 Å². The molecule has 0 spiro atoms. The molecule has 0 radical (unpaired) electrons. The molecule has 1 saturated carbocycles. The maximum Gasteiger partial charge on any atom is 0.118 e. The lowest BCUT2D eigenvalue weighted by Crippen LogP contribution is -2.37. The third-order valence-electron chi connectivity index (χ3n) is 7.25. The molecule has 0 saturated heterocycles. The van der Waals surface area contributed by atoms with Crippen molar-refractivity contribution in [3.63, 3.8) is 0 Å². The first-order valence-corrected chi connectivity index (χ1v) is 11.9. The van der Waals surface area contributed by atoms with Crippen LogP contribution in [0.2, 0.25) is 0 Å². The Balaban J connectivity index is 1.70. The second kappa shape index (κ2) is 10.5. The van der Waals surface area contributed by atoms with Crippen molar-refractivity contribution >= 4 is 6.08 Å². The van der Waals surface area contributed by atoms with Crippen molar-refractivity contribution in [3.8, 4) is 6.07 Å². The highest BCUT2D eigenvalue weighted by atomic mass is 16.5. The Kier molecular flexibility index (Phi) is 8.00. The molecule has 3 atom stereocenters. The lowest BCUT2D eigenvalue weighted by Gasteiger charge is -2.41. The number of hydrogen-bond acceptors (Lipinski definition) is 4. The van der Waals surface area contributed by atoms with Gasteiger partial charge in [-0.1, -0.05) is 38.3 Å². The van der Waals surface area contributed by atoms with Crippen molar-refractivity contribution < 1.29 is 4.74 Å².